The molecule has 2 amide bonds. The number of aliphatic hydroxyl groups excluding tert-OH is 3. The van der Waals surface area contributed by atoms with Crippen molar-refractivity contribution < 1.29 is 60.1 Å². The number of nitrogens with two attached hydrogens (primary N) is 2. The van der Waals surface area contributed by atoms with Gasteiger partial charge in [0.2, 0.25) is 17.8 Å². The second-order valence-corrected chi connectivity index (χ2v) is 31.1. The van der Waals surface area contributed by atoms with E-state index >= 15 is 0 Å². The van der Waals surface area contributed by atoms with E-state index in [1.54, 1.807) is 57.2 Å². The Balaban J connectivity index is 0.000000170. The van der Waals surface area contributed by atoms with Crippen molar-refractivity contribution in [2.24, 2.45) is 29.2 Å². The van der Waals surface area contributed by atoms with E-state index in [4.69, 9.17) is 26.4 Å². The Morgan fingerprint density at radius 2 is 0.711 bits per heavy atom. The summed E-state index contributed by atoms with van der Waals surface area (Å²) in [7, 11) is -10.5. The largest absolute Gasteiger partial charge is 0.478 e. The minimum absolute atomic E-state index is 0. The van der Waals surface area contributed by atoms with Gasteiger partial charge in [-0.15, -0.1) is 0 Å². The molecule has 6 aromatic heterocycles. The van der Waals surface area contributed by atoms with E-state index in [2.05, 4.69) is 57.6 Å². The maximum absolute atomic E-state index is 12.3. The Kier molecular flexibility index (Phi) is 20.4. The van der Waals surface area contributed by atoms with Gasteiger partial charge in [-0.05, 0) is 91.6 Å². The molecule has 9 aromatic rings. The van der Waals surface area contributed by atoms with Crippen LogP contribution in [0.25, 0.3) is 33.1 Å². The second kappa shape index (κ2) is 27.4. The molecule has 8 N–H and O–H groups in total. The summed E-state index contributed by atoms with van der Waals surface area (Å²) in [6.07, 6.45) is 7.60. The zero-order valence-corrected chi connectivity index (χ0v) is 57.5. The number of primary amides is 2. The predicted molar refractivity (Wildman–Crippen MR) is 362 cm³/mol. The summed E-state index contributed by atoms with van der Waals surface area (Å²) in [6, 6.07) is 9.14. The average Bonchev–Trinajstić information content (AvgIpc) is 1.61. The van der Waals surface area contributed by atoms with Gasteiger partial charge >= 0.3 is 5.97 Å². The van der Waals surface area contributed by atoms with Crippen LogP contribution in [0.5, 0.6) is 0 Å². The zero-order valence-electron chi connectivity index (χ0n) is 55.1. The first-order valence-electron chi connectivity index (χ1n) is 30.7. The van der Waals surface area contributed by atoms with Crippen molar-refractivity contribution in [3.05, 3.63) is 123 Å². The molecule has 0 aliphatic carbocycles. The number of benzene rings is 3. The van der Waals surface area contributed by atoms with Crippen molar-refractivity contribution in [1.82, 2.24) is 58.6 Å². The predicted octanol–water partition coefficient (Wildman–Crippen LogP) is 5.28. The van der Waals surface area contributed by atoms with E-state index in [0.717, 1.165) is 36.2 Å². The van der Waals surface area contributed by atoms with Gasteiger partial charge in [0.25, 0.3) is 11.8 Å². The van der Waals surface area contributed by atoms with Crippen molar-refractivity contribution >= 4 is 98.2 Å². The van der Waals surface area contributed by atoms with Crippen molar-refractivity contribution in [1.29, 1.82) is 0 Å². The number of fused-ring (bicyclic) bond motifs is 9. The highest BCUT2D eigenvalue weighted by atomic mass is 32.2. The third-order valence-electron chi connectivity index (χ3n) is 17.4. The number of carboxylic acids is 1. The number of imidazole rings is 3. The van der Waals surface area contributed by atoms with Crippen molar-refractivity contribution in [2.75, 3.05) is 53.1 Å². The lowest BCUT2D eigenvalue weighted by Crippen LogP contribution is -2.42. The van der Waals surface area contributed by atoms with Crippen molar-refractivity contribution in [3.8, 4) is 0 Å². The lowest BCUT2D eigenvalue weighted by atomic mass is 10.00. The lowest BCUT2D eigenvalue weighted by Gasteiger charge is -2.38. The van der Waals surface area contributed by atoms with Crippen LogP contribution in [0.3, 0.4) is 0 Å². The van der Waals surface area contributed by atoms with Gasteiger partial charge in [-0.3, -0.25) is 9.59 Å². The van der Waals surface area contributed by atoms with Gasteiger partial charge in [-0.2, -0.15) is 0 Å². The molecule has 3 aromatic carbocycles. The van der Waals surface area contributed by atoms with Crippen LogP contribution in [0, 0.1) is 38.5 Å². The Morgan fingerprint density at radius 3 is 0.918 bits per heavy atom. The fourth-order valence-electron chi connectivity index (χ4n) is 13.0. The van der Waals surface area contributed by atoms with Crippen LogP contribution < -0.4 is 26.2 Å². The molecule has 0 spiro atoms. The molecule has 0 radical (unpaired) electrons. The molecule has 3 aliphatic heterocycles. The fourth-order valence-corrected chi connectivity index (χ4v) is 15.8. The molecule has 33 heteroatoms. The third-order valence-corrected chi connectivity index (χ3v) is 20.9. The first-order chi connectivity index (χ1) is 45.1. The molecule has 0 saturated carbocycles. The zero-order chi connectivity index (χ0) is 70.1. The van der Waals surface area contributed by atoms with Crippen LogP contribution in [-0.4, -0.2) is 160 Å². The van der Waals surface area contributed by atoms with Crippen molar-refractivity contribution in [3.63, 3.8) is 0 Å². The van der Waals surface area contributed by atoms with E-state index in [1.807, 2.05) is 42.2 Å². The first-order valence-corrected chi connectivity index (χ1v) is 36.4. The molecule has 0 fully saturated rings. The number of carboxylic acid groups (broad SMARTS) is 1. The molecule has 0 bridgehead atoms. The molecular formula is C64H81N17O13S3. The van der Waals surface area contributed by atoms with Crippen LogP contribution >= 0.6 is 0 Å². The summed E-state index contributed by atoms with van der Waals surface area (Å²) in [4.78, 5) is 81.8. The highest BCUT2D eigenvalue weighted by molar-refractivity contribution is 7.91. The normalized spacial score (nSPS) is 16.4. The van der Waals surface area contributed by atoms with E-state index in [9.17, 15) is 60.1 Å². The maximum Gasteiger partial charge on any atom is 0.339 e. The van der Waals surface area contributed by atoms with Gasteiger partial charge in [0.15, 0.2) is 29.5 Å². The molecule has 0 unspecified atom stereocenters. The number of amides is 2. The SMILES string of the molecule is C.Cc1nc(N2CCn3c(nc4cc(CO)c(S(C)(=O)=O)cc43)[C@@H]2C(C)C)ncc1C(N)=O.Cc1nc(N2CCn3c(nc4cc(CO)c(S(C)(=O)=O)cc43)[C@H]2C(C)C)ncc1C(=O)O.Cc1nc(N2CCn3c(nc4cc(CO)c(S(C)(=O)=O)cc43)[C@H]2C(C)C)ncc1C(N)=O. The standard InChI is InChI=1S/2C21H26N6O4S.C21H25N5O5S.CH4/c2*1-11(2)18-20-25-15-7-13(10-28)17(32(4,30)31)8-16(15)26(20)5-6-27(18)21-23-9-14(19(22)29)12(3)24-21;1-11(2)18-19-24-15-7-13(10-27)17(32(4,30)31)8-16(15)25(19)5-6-26(18)21-22-9-14(20(28)29)12(3)23-21;/h2*7-9,11,18,28H,5-6,10H2,1-4H3,(H2,22,29);7-9,11,18,27H,5-6,10H2,1-4H3,(H,28,29);1H4/t3*18-;/m101./s1. The first kappa shape index (κ1) is 72.1. The number of carbonyl (C=O) groups is 3. The lowest BCUT2D eigenvalue weighted by molar-refractivity contribution is 0.0694. The van der Waals surface area contributed by atoms with Gasteiger partial charge in [-0.1, -0.05) is 49.0 Å². The van der Waals surface area contributed by atoms with Crippen LogP contribution in [0.4, 0.5) is 17.8 Å². The molecule has 0 saturated heterocycles. The molecule has 9 heterocycles. The van der Waals surface area contributed by atoms with Gasteiger partial charge in [-0.25, -0.2) is 74.9 Å². The van der Waals surface area contributed by atoms with E-state index in [-0.39, 0.29) is 87.9 Å². The van der Waals surface area contributed by atoms with Gasteiger partial charge in [0.1, 0.15) is 17.5 Å². The number of anilines is 3. The molecule has 12 rings (SSSR count). The Hall–Kier alpha value is -9.15. The topological polar surface area (TPSA) is 427 Å². The Bertz CT molecular complexity index is 4490. The Labute approximate surface area is 561 Å². The number of aliphatic hydroxyl groups is 3. The van der Waals surface area contributed by atoms with Crippen molar-refractivity contribution in [2.45, 2.75) is 142 Å². The summed E-state index contributed by atoms with van der Waals surface area (Å²) in [5.74, 6) is 1.86. The van der Waals surface area contributed by atoms with E-state index in [1.165, 1.54) is 18.6 Å². The summed E-state index contributed by atoms with van der Waals surface area (Å²) < 4.78 is 79.6. The number of nitrogens with zero attached hydrogens (tertiary/aromatic N) is 15. The molecule has 3 aliphatic rings. The van der Waals surface area contributed by atoms with Gasteiger partial charge < -0.3 is 60.3 Å². The molecule has 518 valence electrons. The summed E-state index contributed by atoms with van der Waals surface area (Å²) in [5, 5.41) is 38.4. The van der Waals surface area contributed by atoms with E-state index < -0.39 is 53.9 Å². The van der Waals surface area contributed by atoms with Crippen LogP contribution in [-0.2, 0) is 69.0 Å². The van der Waals surface area contributed by atoms with Crippen LogP contribution in [0.2, 0.25) is 0 Å². The maximum atomic E-state index is 12.3. The van der Waals surface area contributed by atoms with Crippen LogP contribution in [0.15, 0.2) is 69.7 Å². The number of rotatable bonds is 15. The summed E-state index contributed by atoms with van der Waals surface area (Å²) in [6.45, 7) is 19.6. The third kappa shape index (κ3) is 13.8. The highest BCUT2D eigenvalue weighted by Gasteiger charge is 2.39. The molecular weight excluding hydrogens is 1310 g/mol. The number of aryl methyl sites for hydroxylation is 3. The van der Waals surface area contributed by atoms with Gasteiger partial charge in [0, 0.05) is 76.6 Å². The summed E-state index contributed by atoms with van der Waals surface area (Å²) in [5.41, 5.74) is 17.8. The fraction of sp³-hybridized carbons (Fsp3) is 0.438. The number of sulfone groups is 3. The minimum Gasteiger partial charge on any atom is -0.478 e. The number of aromatic carboxylic acids is 1. The average molecular weight is 1390 g/mol. The molecule has 97 heavy (non-hydrogen) atoms. The minimum atomic E-state index is -3.52. The number of carbonyl (C=O) groups excluding carboxylic acids is 2. The highest BCUT2D eigenvalue weighted by Crippen LogP contribution is 2.41. The smallest absolute Gasteiger partial charge is 0.339 e. The summed E-state index contributed by atoms with van der Waals surface area (Å²) >= 11 is 0. The van der Waals surface area contributed by atoms with Gasteiger partial charge in [0.05, 0.1) is 120 Å². The molecule has 30 nitrogen and oxygen atoms in total. The molecule has 3 atom stereocenters. The number of aromatic nitrogens is 12. The number of hydrogen-bond acceptors (Lipinski definition) is 24. The Morgan fingerprint density at radius 1 is 0.454 bits per heavy atom. The van der Waals surface area contributed by atoms with E-state index in [0.29, 0.717) is 124 Å². The monoisotopic (exact) mass is 1390 g/mol. The second-order valence-electron chi connectivity index (χ2n) is 25.2. The number of hydrogen-bond donors (Lipinski definition) is 6. The van der Waals surface area contributed by atoms with Crippen LogP contribution in [0.1, 0.15) is 149 Å². The quantitative estimate of drug-likeness (QED) is 0.0760.